The molecule has 0 radical (unpaired) electrons. The Kier molecular flexibility index (Phi) is 7.29. The van der Waals surface area contributed by atoms with Crippen molar-refractivity contribution >= 4 is 17.6 Å². The van der Waals surface area contributed by atoms with Crippen molar-refractivity contribution in [1.29, 1.82) is 0 Å². The number of nitrogens with one attached hydrogen (secondary N) is 3. The highest BCUT2D eigenvalue weighted by Gasteiger charge is 2.28. The Morgan fingerprint density at radius 3 is 2.44 bits per heavy atom. The largest absolute Gasteiger partial charge is 0.338 e. The van der Waals surface area contributed by atoms with Gasteiger partial charge in [-0.1, -0.05) is 38.8 Å². The fourth-order valence-electron chi connectivity index (χ4n) is 3.63. The monoisotopic (exact) mass is 345 g/mol. The van der Waals surface area contributed by atoms with E-state index in [0.29, 0.717) is 24.4 Å². The van der Waals surface area contributed by atoms with Crippen molar-refractivity contribution in [2.75, 3.05) is 11.9 Å². The Hall–Kier alpha value is -2.04. The van der Waals surface area contributed by atoms with Gasteiger partial charge >= 0.3 is 6.03 Å². The van der Waals surface area contributed by atoms with Crippen molar-refractivity contribution in [2.24, 2.45) is 11.8 Å². The average molecular weight is 345 g/mol. The van der Waals surface area contributed by atoms with Gasteiger partial charge in [-0.2, -0.15) is 0 Å². The minimum atomic E-state index is -0.0755. The number of benzene rings is 1. The Balaban J connectivity index is 1.73. The molecule has 0 aromatic heterocycles. The second kappa shape index (κ2) is 9.44. The first-order chi connectivity index (χ1) is 12.0. The van der Waals surface area contributed by atoms with E-state index in [2.05, 4.69) is 29.8 Å². The predicted octanol–water partition coefficient (Wildman–Crippen LogP) is 3.70. The number of hydrogen-bond donors (Lipinski definition) is 3. The molecule has 1 aliphatic rings. The molecule has 5 nitrogen and oxygen atoms in total. The fraction of sp³-hybridized carbons (Fsp3) is 0.600. The van der Waals surface area contributed by atoms with Gasteiger partial charge in [-0.25, -0.2) is 4.79 Å². The highest BCUT2D eigenvalue weighted by Crippen LogP contribution is 2.30. The standard InChI is InChI=1S/C20H31N3O2/c1-14(2)18-6-4-5-7-19(18)23-20(25)21-13-12-16-8-10-17(11-9-16)22-15(3)24/h8-11,14,18-19H,4-7,12-13H2,1-3H3,(H,22,24)(H2,21,23,25). The van der Waals surface area contributed by atoms with Gasteiger partial charge in [0.05, 0.1) is 0 Å². The molecule has 2 unspecified atom stereocenters. The molecule has 3 N–H and O–H groups in total. The molecule has 1 aromatic carbocycles. The first kappa shape index (κ1) is 19.3. The van der Waals surface area contributed by atoms with Gasteiger partial charge in [0, 0.05) is 25.2 Å². The van der Waals surface area contributed by atoms with Crippen LogP contribution < -0.4 is 16.0 Å². The smallest absolute Gasteiger partial charge is 0.315 e. The predicted molar refractivity (Wildman–Crippen MR) is 102 cm³/mol. The Bertz CT molecular complexity index is 569. The molecule has 1 aromatic rings. The third-order valence-electron chi connectivity index (χ3n) is 4.97. The van der Waals surface area contributed by atoms with Crippen molar-refractivity contribution in [1.82, 2.24) is 10.6 Å². The van der Waals surface area contributed by atoms with E-state index in [1.165, 1.54) is 26.2 Å². The average Bonchev–Trinajstić information content (AvgIpc) is 2.56. The molecule has 1 fully saturated rings. The molecule has 0 bridgehead atoms. The second-order valence-electron chi connectivity index (χ2n) is 7.33. The summed E-state index contributed by atoms with van der Waals surface area (Å²) < 4.78 is 0. The molecule has 138 valence electrons. The maximum atomic E-state index is 12.2. The van der Waals surface area contributed by atoms with Gasteiger partial charge in [0.2, 0.25) is 5.91 Å². The van der Waals surface area contributed by atoms with E-state index in [0.717, 1.165) is 24.1 Å². The maximum absolute atomic E-state index is 12.2. The zero-order valence-corrected chi connectivity index (χ0v) is 15.6. The molecule has 2 rings (SSSR count). The van der Waals surface area contributed by atoms with E-state index in [4.69, 9.17) is 0 Å². The van der Waals surface area contributed by atoms with Gasteiger partial charge in [-0.3, -0.25) is 4.79 Å². The van der Waals surface area contributed by atoms with Gasteiger partial charge in [0.1, 0.15) is 0 Å². The van der Waals surface area contributed by atoms with Crippen LogP contribution in [0.3, 0.4) is 0 Å². The van der Waals surface area contributed by atoms with Crippen LogP contribution in [0.5, 0.6) is 0 Å². The molecule has 0 spiro atoms. The lowest BCUT2D eigenvalue weighted by Gasteiger charge is -2.34. The van der Waals surface area contributed by atoms with Crippen molar-refractivity contribution < 1.29 is 9.59 Å². The summed E-state index contributed by atoms with van der Waals surface area (Å²) in [5.74, 6) is 1.11. The van der Waals surface area contributed by atoms with Crippen molar-refractivity contribution in [2.45, 2.75) is 58.9 Å². The van der Waals surface area contributed by atoms with Gasteiger partial charge in [0.15, 0.2) is 0 Å². The Labute approximate surface area is 151 Å². The van der Waals surface area contributed by atoms with Crippen LogP contribution in [0.4, 0.5) is 10.5 Å². The zero-order valence-electron chi connectivity index (χ0n) is 15.6. The maximum Gasteiger partial charge on any atom is 0.315 e. The van der Waals surface area contributed by atoms with Gasteiger partial charge in [0.25, 0.3) is 0 Å². The summed E-state index contributed by atoms with van der Waals surface area (Å²) in [5.41, 5.74) is 1.92. The highest BCUT2D eigenvalue weighted by molar-refractivity contribution is 5.88. The summed E-state index contributed by atoms with van der Waals surface area (Å²) in [6.45, 7) is 6.58. The van der Waals surface area contributed by atoms with Crippen LogP contribution in [-0.4, -0.2) is 24.5 Å². The molecule has 2 atom stereocenters. The summed E-state index contributed by atoms with van der Waals surface area (Å²) in [6, 6.07) is 7.94. The third kappa shape index (κ3) is 6.40. The molecule has 25 heavy (non-hydrogen) atoms. The number of rotatable bonds is 6. The van der Waals surface area contributed by atoms with Crippen molar-refractivity contribution in [3.63, 3.8) is 0 Å². The van der Waals surface area contributed by atoms with E-state index in [1.807, 2.05) is 24.3 Å². The summed E-state index contributed by atoms with van der Waals surface area (Å²) in [4.78, 5) is 23.2. The summed E-state index contributed by atoms with van der Waals surface area (Å²) in [5, 5.41) is 8.88. The number of urea groups is 1. The number of hydrogen-bond acceptors (Lipinski definition) is 2. The number of anilines is 1. The van der Waals surface area contributed by atoms with E-state index in [1.54, 1.807) is 0 Å². The lowest BCUT2D eigenvalue weighted by atomic mass is 9.78. The molecule has 0 saturated heterocycles. The zero-order chi connectivity index (χ0) is 18.2. The number of carbonyl (C=O) groups is 2. The highest BCUT2D eigenvalue weighted by atomic mass is 16.2. The summed E-state index contributed by atoms with van der Waals surface area (Å²) >= 11 is 0. The number of carbonyl (C=O) groups excluding carboxylic acids is 2. The Morgan fingerprint density at radius 2 is 1.80 bits per heavy atom. The first-order valence-corrected chi connectivity index (χ1v) is 9.36. The van der Waals surface area contributed by atoms with Crippen LogP contribution in [-0.2, 0) is 11.2 Å². The SMILES string of the molecule is CC(=O)Nc1ccc(CCNC(=O)NC2CCCCC2C(C)C)cc1. The minimum absolute atomic E-state index is 0.0626. The first-order valence-electron chi connectivity index (χ1n) is 9.36. The fourth-order valence-corrected chi connectivity index (χ4v) is 3.63. The van der Waals surface area contributed by atoms with E-state index < -0.39 is 0 Å². The normalized spacial score (nSPS) is 20.2. The quantitative estimate of drug-likeness (QED) is 0.736. The molecule has 1 aliphatic carbocycles. The van der Waals surface area contributed by atoms with Gasteiger partial charge < -0.3 is 16.0 Å². The lowest BCUT2D eigenvalue weighted by molar-refractivity contribution is -0.114. The lowest BCUT2D eigenvalue weighted by Crippen LogP contribution is -2.48. The summed E-state index contributed by atoms with van der Waals surface area (Å²) in [6.07, 6.45) is 5.54. The Morgan fingerprint density at radius 1 is 1.12 bits per heavy atom. The molecule has 3 amide bonds. The van der Waals surface area contributed by atoms with Crippen LogP contribution in [0.15, 0.2) is 24.3 Å². The molecular formula is C20H31N3O2. The van der Waals surface area contributed by atoms with E-state index in [-0.39, 0.29) is 11.9 Å². The molecule has 5 heteroatoms. The minimum Gasteiger partial charge on any atom is -0.338 e. The van der Waals surface area contributed by atoms with E-state index >= 15 is 0 Å². The van der Waals surface area contributed by atoms with Crippen molar-refractivity contribution in [3.8, 4) is 0 Å². The van der Waals surface area contributed by atoms with Crippen LogP contribution in [0.25, 0.3) is 0 Å². The van der Waals surface area contributed by atoms with Crippen LogP contribution >= 0.6 is 0 Å². The van der Waals surface area contributed by atoms with Crippen molar-refractivity contribution in [3.05, 3.63) is 29.8 Å². The third-order valence-corrected chi connectivity index (χ3v) is 4.97. The van der Waals surface area contributed by atoms with E-state index in [9.17, 15) is 9.59 Å². The van der Waals surface area contributed by atoms with Crippen LogP contribution in [0, 0.1) is 11.8 Å². The van der Waals surface area contributed by atoms with Gasteiger partial charge in [-0.05, 0) is 48.8 Å². The second-order valence-corrected chi connectivity index (χ2v) is 7.33. The summed E-state index contributed by atoms with van der Waals surface area (Å²) in [7, 11) is 0. The number of amides is 3. The molecule has 0 heterocycles. The van der Waals surface area contributed by atoms with Crippen LogP contribution in [0.1, 0.15) is 52.0 Å². The topological polar surface area (TPSA) is 70.2 Å². The molecule has 0 aliphatic heterocycles. The molecular weight excluding hydrogens is 314 g/mol. The molecule has 1 saturated carbocycles. The van der Waals surface area contributed by atoms with Gasteiger partial charge in [-0.15, -0.1) is 0 Å². The van der Waals surface area contributed by atoms with Crippen LogP contribution in [0.2, 0.25) is 0 Å².